The summed E-state index contributed by atoms with van der Waals surface area (Å²) in [6.07, 6.45) is 6.08. The average molecular weight is 374 g/mol. The van der Waals surface area contributed by atoms with E-state index >= 15 is 0 Å². The van der Waals surface area contributed by atoms with Gasteiger partial charge in [-0.1, -0.05) is 18.2 Å². The Labute approximate surface area is 166 Å². The van der Waals surface area contributed by atoms with Gasteiger partial charge in [0.1, 0.15) is 11.8 Å². The van der Waals surface area contributed by atoms with Crippen molar-refractivity contribution in [3.63, 3.8) is 0 Å². The van der Waals surface area contributed by atoms with Crippen LogP contribution in [0.2, 0.25) is 0 Å². The van der Waals surface area contributed by atoms with E-state index < -0.39 is 0 Å². The van der Waals surface area contributed by atoms with Crippen LogP contribution in [0, 0.1) is 25.2 Å². The van der Waals surface area contributed by atoms with E-state index in [1.165, 1.54) is 0 Å². The molecule has 2 bridgehead atoms. The minimum atomic E-state index is -0.174. The zero-order chi connectivity index (χ0) is 19.9. The fraction of sp³-hybridized carbons (Fsp3) is 0.435. The minimum absolute atomic E-state index is 0.0472. The van der Waals surface area contributed by atoms with E-state index in [2.05, 4.69) is 28.3 Å². The van der Waals surface area contributed by atoms with Crippen molar-refractivity contribution in [2.75, 3.05) is 7.05 Å². The molecule has 0 spiro atoms. The van der Waals surface area contributed by atoms with Crippen LogP contribution in [0.15, 0.2) is 36.5 Å². The van der Waals surface area contributed by atoms with Crippen molar-refractivity contribution in [3.8, 4) is 6.07 Å². The van der Waals surface area contributed by atoms with Gasteiger partial charge in [0.2, 0.25) is 0 Å². The Kier molecular flexibility index (Phi) is 4.68. The number of aryl methyl sites for hydroxylation is 2. The molecule has 0 radical (unpaired) electrons. The highest BCUT2D eigenvalue weighted by Gasteiger charge is 2.54. The molecule has 1 unspecified atom stereocenters. The average Bonchev–Trinajstić information content (AvgIpc) is 3.19. The summed E-state index contributed by atoms with van der Waals surface area (Å²) in [5.74, 6) is -0.0472. The number of nitrogens with zero attached hydrogens (tertiary/aromatic N) is 3. The molecule has 0 saturated carbocycles. The summed E-state index contributed by atoms with van der Waals surface area (Å²) < 4.78 is 0. The predicted molar refractivity (Wildman–Crippen MR) is 108 cm³/mol. The lowest BCUT2D eigenvalue weighted by atomic mass is 9.78. The Bertz CT molecular complexity index is 933. The zero-order valence-corrected chi connectivity index (χ0v) is 16.7. The number of pyridine rings is 1. The third-order valence-corrected chi connectivity index (χ3v) is 6.82. The van der Waals surface area contributed by atoms with Crippen LogP contribution in [0.1, 0.15) is 64.5 Å². The lowest BCUT2D eigenvalue weighted by molar-refractivity contribution is 0.0836. The maximum Gasteiger partial charge on any atom is 0.252 e. The molecular weight excluding hydrogens is 348 g/mol. The highest BCUT2D eigenvalue weighted by Crippen LogP contribution is 2.51. The number of rotatable bonds is 4. The number of nitriles is 1. The van der Waals surface area contributed by atoms with Crippen LogP contribution in [0.3, 0.4) is 0 Å². The Balaban J connectivity index is 1.76. The molecule has 28 heavy (non-hydrogen) atoms. The second-order valence-corrected chi connectivity index (χ2v) is 8.21. The molecule has 2 aromatic rings. The molecule has 5 heteroatoms. The van der Waals surface area contributed by atoms with Crippen LogP contribution >= 0.6 is 0 Å². The molecule has 3 heterocycles. The number of carbonyl (C=O) groups excluding carboxylic acids is 1. The topological polar surface area (TPSA) is 69.0 Å². The van der Waals surface area contributed by atoms with Gasteiger partial charge >= 0.3 is 0 Å². The van der Waals surface area contributed by atoms with Crippen LogP contribution in [-0.4, -0.2) is 34.4 Å². The predicted octanol–water partition coefficient (Wildman–Crippen LogP) is 3.67. The molecule has 4 rings (SSSR count). The number of fused-ring (bicyclic) bond motifs is 2. The Morgan fingerprint density at radius 3 is 2.54 bits per heavy atom. The second-order valence-electron chi connectivity index (χ2n) is 8.21. The number of amides is 1. The van der Waals surface area contributed by atoms with E-state index in [1.54, 1.807) is 6.20 Å². The van der Waals surface area contributed by atoms with E-state index in [0.29, 0.717) is 11.7 Å². The number of benzene rings is 1. The maximum absolute atomic E-state index is 13.3. The van der Waals surface area contributed by atoms with Gasteiger partial charge < -0.3 is 5.32 Å². The largest absolute Gasteiger partial charge is 0.343 e. The number of aromatic nitrogens is 1. The van der Waals surface area contributed by atoms with E-state index in [4.69, 9.17) is 0 Å². The zero-order valence-electron chi connectivity index (χ0n) is 16.7. The van der Waals surface area contributed by atoms with Gasteiger partial charge in [0.15, 0.2) is 0 Å². The summed E-state index contributed by atoms with van der Waals surface area (Å²) in [7, 11) is 2.18. The lowest BCUT2D eigenvalue weighted by Crippen LogP contribution is -2.51. The molecule has 0 aliphatic carbocycles. The van der Waals surface area contributed by atoms with Gasteiger partial charge in [0.05, 0.1) is 6.04 Å². The van der Waals surface area contributed by atoms with Gasteiger partial charge in [0.25, 0.3) is 5.91 Å². The van der Waals surface area contributed by atoms with Gasteiger partial charge in [-0.3, -0.25) is 9.69 Å². The smallest absolute Gasteiger partial charge is 0.252 e. The van der Waals surface area contributed by atoms with Crippen LogP contribution in [0.5, 0.6) is 0 Å². The standard InChI is InChI=1S/C23H26N4O/c1-15-5-4-6-16(2)20(15)22(28)26-21(17-9-12-25-18(13-17)14-24)23-10-7-19(8-11-23)27(23)3/h4-6,9,12-13,19,21H,7-8,10-11H2,1-3H3,(H,26,28). The summed E-state index contributed by atoms with van der Waals surface area (Å²) in [4.78, 5) is 19.9. The molecular formula is C23H26N4O. The number of likely N-dealkylation sites (N-methyl/N-ethyl adjacent to an activating group) is 1. The van der Waals surface area contributed by atoms with Gasteiger partial charge in [-0.2, -0.15) is 5.26 Å². The van der Waals surface area contributed by atoms with Crippen LogP contribution < -0.4 is 5.32 Å². The summed E-state index contributed by atoms with van der Waals surface area (Å²) in [6.45, 7) is 3.95. The van der Waals surface area contributed by atoms with E-state index in [1.807, 2.05) is 44.2 Å². The molecule has 2 fully saturated rings. The minimum Gasteiger partial charge on any atom is -0.343 e. The van der Waals surface area contributed by atoms with Crippen molar-refractivity contribution in [1.82, 2.24) is 15.2 Å². The van der Waals surface area contributed by atoms with Crippen molar-refractivity contribution in [1.29, 1.82) is 5.26 Å². The summed E-state index contributed by atoms with van der Waals surface area (Å²) in [5, 5.41) is 12.7. The molecule has 2 saturated heterocycles. The quantitative estimate of drug-likeness (QED) is 0.887. The van der Waals surface area contributed by atoms with Crippen molar-refractivity contribution in [3.05, 3.63) is 64.5 Å². The summed E-state index contributed by atoms with van der Waals surface area (Å²) in [5.41, 5.74) is 3.94. The molecule has 1 aromatic carbocycles. The summed E-state index contributed by atoms with van der Waals surface area (Å²) in [6, 6.07) is 12.2. The molecule has 2 aliphatic rings. The number of nitrogens with one attached hydrogen (secondary N) is 1. The monoisotopic (exact) mass is 374 g/mol. The first-order valence-electron chi connectivity index (χ1n) is 9.92. The third kappa shape index (κ3) is 2.89. The molecule has 144 valence electrons. The molecule has 5 nitrogen and oxygen atoms in total. The van der Waals surface area contributed by atoms with Crippen LogP contribution in [0.25, 0.3) is 0 Å². The first-order chi connectivity index (χ1) is 13.5. The highest BCUT2D eigenvalue weighted by atomic mass is 16.1. The van der Waals surface area contributed by atoms with E-state index in [0.717, 1.165) is 47.9 Å². The normalized spacial score (nSPS) is 24.7. The van der Waals surface area contributed by atoms with Gasteiger partial charge in [-0.25, -0.2) is 4.98 Å². The first kappa shape index (κ1) is 18.6. The van der Waals surface area contributed by atoms with E-state index in [-0.39, 0.29) is 17.5 Å². The first-order valence-corrected chi connectivity index (χ1v) is 9.92. The van der Waals surface area contributed by atoms with Crippen LogP contribution in [-0.2, 0) is 0 Å². The third-order valence-electron chi connectivity index (χ3n) is 6.82. The van der Waals surface area contributed by atoms with Crippen molar-refractivity contribution >= 4 is 5.91 Å². The maximum atomic E-state index is 13.3. The lowest BCUT2D eigenvalue weighted by Gasteiger charge is -2.41. The Morgan fingerprint density at radius 2 is 1.96 bits per heavy atom. The molecule has 2 aliphatic heterocycles. The SMILES string of the molecule is Cc1cccc(C)c1C(=O)NC(c1ccnc(C#N)c1)C12CCC(CC1)N2C. The van der Waals surface area contributed by atoms with Crippen molar-refractivity contribution in [2.45, 2.75) is 57.2 Å². The number of carbonyl (C=O) groups is 1. The van der Waals surface area contributed by atoms with Crippen LogP contribution in [0.4, 0.5) is 0 Å². The van der Waals surface area contributed by atoms with Crippen molar-refractivity contribution in [2.24, 2.45) is 0 Å². The molecule has 1 N–H and O–H groups in total. The number of hydrogen-bond donors (Lipinski definition) is 1. The second kappa shape index (κ2) is 7.03. The Morgan fingerprint density at radius 1 is 1.29 bits per heavy atom. The number of hydrogen-bond acceptors (Lipinski definition) is 4. The highest BCUT2D eigenvalue weighted by molar-refractivity contribution is 5.97. The van der Waals surface area contributed by atoms with Gasteiger partial charge in [-0.05, 0) is 75.4 Å². The van der Waals surface area contributed by atoms with Gasteiger partial charge in [0, 0.05) is 23.3 Å². The fourth-order valence-electron chi connectivity index (χ4n) is 5.29. The summed E-state index contributed by atoms with van der Waals surface area (Å²) >= 11 is 0. The fourth-order valence-corrected chi connectivity index (χ4v) is 5.29. The molecule has 1 atom stereocenters. The molecule has 1 amide bonds. The molecule has 1 aromatic heterocycles. The van der Waals surface area contributed by atoms with E-state index in [9.17, 15) is 10.1 Å². The van der Waals surface area contributed by atoms with Gasteiger partial charge in [-0.15, -0.1) is 0 Å². The van der Waals surface area contributed by atoms with Crippen molar-refractivity contribution < 1.29 is 4.79 Å². The Hall–Kier alpha value is -2.71.